The van der Waals surface area contributed by atoms with Gasteiger partial charge in [0.2, 0.25) is 10.0 Å². The molecule has 0 bridgehead atoms. The highest BCUT2D eigenvalue weighted by atomic mass is 79.9. The molecule has 3 rings (SSSR count). The van der Waals surface area contributed by atoms with Gasteiger partial charge >= 0.3 is 0 Å². The molecule has 1 heterocycles. The molecule has 0 aliphatic carbocycles. The van der Waals surface area contributed by atoms with E-state index in [0.29, 0.717) is 10.7 Å². The van der Waals surface area contributed by atoms with Gasteiger partial charge in [0.05, 0.1) is 21.3 Å². The van der Waals surface area contributed by atoms with Crippen LogP contribution in [0.15, 0.2) is 57.7 Å². The first-order chi connectivity index (χ1) is 11.8. The Morgan fingerprint density at radius 1 is 1.19 bits per heavy atom. The molecule has 2 aromatic carbocycles. The van der Waals surface area contributed by atoms with E-state index in [0.717, 1.165) is 21.6 Å². The third-order valence-electron chi connectivity index (χ3n) is 3.81. The summed E-state index contributed by atoms with van der Waals surface area (Å²) in [5.41, 5.74) is 3.29. The fourth-order valence-electron chi connectivity index (χ4n) is 2.41. The van der Waals surface area contributed by atoms with Crippen LogP contribution < -0.4 is 9.94 Å². The highest BCUT2D eigenvalue weighted by molar-refractivity contribution is 8.93. The van der Waals surface area contributed by atoms with Crippen LogP contribution in [0.5, 0.6) is 0 Å². The van der Waals surface area contributed by atoms with Gasteiger partial charge in [-0.15, -0.1) is 28.3 Å². The highest BCUT2D eigenvalue weighted by Gasteiger charge is 2.13. The summed E-state index contributed by atoms with van der Waals surface area (Å²) >= 11 is 7.62. The molecule has 9 heteroatoms. The number of aryl methyl sites for hydroxylation is 1. The molecule has 0 fully saturated rings. The van der Waals surface area contributed by atoms with Crippen molar-refractivity contribution in [1.29, 1.82) is 0 Å². The second-order valence-electron chi connectivity index (χ2n) is 5.55. The molecule has 5 nitrogen and oxygen atoms in total. The van der Waals surface area contributed by atoms with Gasteiger partial charge in [0.25, 0.3) is 0 Å². The van der Waals surface area contributed by atoms with E-state index >= 15 is 0 Å². The van der Waals surface area contributed by atoms with E-state index in [9.17, 15) is 8.42 Å². The lowest BCUT2D eigenvalue weighted by Gasteiger charge is -2.09. The first kappa shape index (κ1) is 20.9. The number of nitrogens with two attached hydrogens (primary N) is 1. The number of halogens is 2. The molecule has 0 aliphatic rings. The summed E-state index contributed by atoms with van der Waals surface area (Å²) in [6, 6.07) is 12.2. The van der Waals surface area contributed by atoms with Crippen molar-refractivity contribution in [3.05, 3.63) is 63.2 Å². The van der Waals surface area contributed by atoms with E-state index in [-0.39, 0.29) is 21.9 Å². The Balaban J connectivity index is 0.00000243. The molecular weight excluding hydrogens is 458 g/mol. The van der Waals surface area contributed by atoms with Crippen molar-refractivity contribution in [1.82, 2.24) is 4.57 Å². The number of nitrogens with zero attached hydrogens (tertiary/aromatic N) is 2. The van der Waals surface area contributed by atoms with Gasteiger partial charge in [0, 0.05) is 18.0 Å². The Hall–Kier alpha value is -1.45. The Morgan fingerprint density at radius 2 is 1.88 bits per heavy atom. The maximum atomic E-state index is 11.6. The van der Waals surface area contributed by atoms with E-state index in [1.54, 1.807) is 18.2 Å². The molecule has 2 N–H and O–H groups in total. The van der Waals surface area contributed by atoms with Crippen molar-refractivity contribution in [2.75, 3.05) is 0 Å². The van der Waals surface area contributed by atoms with Crippen molar-refractivity contribution in [3.63, 3.8) is 0 Å². The van der Waals surface area contributed by atoms with Gasteiger partial charge in [0.15, 0.2) is 4.80 Å². The zero-order valence-electron chi connectivity index (χ0n) is 14.0. The minimum absolute atomic E-state index is 0. The lowest BCUT2D eigenvalue weighted by molar-refractivity contribution is 0.598. The van der Waals surface area contributed by atoms with Gasteiger partial charge in [-0.25, -0.2) is 18.5 Å². The molecule has 0 atom stereocenters. The summed E-state index contributed by atoms with van der Waals surface area (Å²) < 4.78 is 25.2. The molecule has 0 aliphatic heterocycles. The van der Waals surface area contributed by atoms with E-state index in [1.807, 2.05) is 42.1 Å². The number of rotatable bonds is 3. The van der Waals surface area contributed by atoms with E-state index in [2.05, 4.69) is 4.99 Å². The Kier molecular flexibility index (Phi) is 6.46. The molecule has 0 saturated carbocycles. The quantitative estimate of drug-likeness (QED) is 0.618. The first-order valence-corrected chi connectivity index (χ1v) is 10.2. The lowest BCUT2D eigenvalue weighted by Crippen LogP contribution is -2.13. The second-order valence-corrected chi connectivity index (χ2v) is 8.35. The number of sulfonamides is 1. The van der Waals surface area contributed by atoms with Crippen LogP contribution in [0.4, 0.5) is 5.69 Å². The normalized spacial score (nSPS) is 12.1. The number of benzene rings is 2. The lowest BCUT2D eigenvalue weighted by atomic mass is 10.1. The monoisotopic (exact) mass is 473 g/mol. The summed E-state index contributed by atoms with van der Waals surface area (Å²) in [5.74, 6) is 0. The van der Waals surface area contributed by atoms with Crippen LogP contribution in [0.25, 0.3) is 11.3 Å². The Morgan fingerprint density at radius 3 is 2.54 bits per heavy atom. The average Bonchev–Trinajstić information content (AvgIpc) is 2.90. The minimum Gasteiger partial charge on any atom is -0.320 e. The van der Waals surface area contributed by atoms with Crippen LogP contribution in [0.3, 0.4) is 0 Å². The topological polar surface area (TPSA) is 77.5 Å². The Bertz CT molecular complexity index is 1120. The number of thiazole rings is 1. The van der Waals surface area contributed by atoms with Gasteiger partial charge < -0.3 is 4.57 Å². The van der Waals surface area contributed by atoms with Gasteiger partial charge in [-0.2, -0.15) is 0 Å². The zero-order chi connectivity index (χ0) is 18.2. The maximum Gasteiger partial charge on any atom is 0.238 e. The fraction of sp³-hybridized carbons (Fsp3) is 0.118. The van der Waals surface area contributed by atoms with Crippen molar-refractivity contribution in [3.8, 4) is 11.3 Å². The van der Waals surface area contributed by atoms with E-state index in [4.69, 9.17) is 16.7 Å². The number of hydrogen-bond acceptors (Lipinski definition) is 4. The van der Waals surface area contributed by atoms with Gasteiger partial charge in [-0.1, -0.05) is 29.8 Å². The predicted octanol–water partition coefficient (Wildman–Crippen LogP) is 4.17. The summed E-state index contributed by atoms with van der Waals surface area (Å²) in [7, 11) is -1.88. The fourth-order valence-corrected chi connectivity index (χ4v) is 4.04. The zero-order valence-corrected chi connectivity index (χ0v) is 18.1. The maximum absolute atomic E-state index is 11.6. The van der Waals surface area contributed by atoms with Crippen molar-refractivity contribution in [2.24, 2.45) is 17.2 Å². The van der Waals surface area contributed by atoms with Crippen LogP contribution in [0.1, 0.15) is 5.56 Å². The number of hydrogen-bond donors (Lipinski definition) is 1. The van der Waals surface area contributed by atoms with Gasteiger partial charge in [-0.05, 0) is 36.8 Å². The summed E-state index contributed by atoms with van der Waals surface area (Å²) in [5, 5.41) is 7.76. The molecule has 1 aromatic heterocycles. The number of para-hydroxylation sites is 1. The van der Waals surface area contributed by atoms with Crippen molar-refractivity contribution in [2.45, 2.75) is 11.8 Å². The second kappa shape index (κ2) is 8.06. The van der Waals surface area contributed by atoms with Gasteiger partial charge in [0.1, 0.15) is 0 Å². The summed E-state index contributed by atoms with van der Waals surface area (Å²) in [4.78, 5) is 5.43. The smallest absolute Gasteiger partial charge is 0.238 e. The molecule has 0 unspecified atom stereocenters. The molecular formula is C17H17BrClN3O2S2. The molecule has 26 heavy (non-hydrogen) atoms. The number of primary sulfonamides is 1. The van der Waals surface area contributed by atoms with Crippen LogP contribution in [0, 0.1) is 6.92 Å². The van der Waals surface area contributed by atoms with Crippen LogP contribution in [-0.2, 0) is 17.1 Å². The van der Waals surface area contributed by atoms with Gasteiger partial charge in [-0.3, -0.25) is 0 Å². The van der Waals surface area contributed by atoms with Crippen LogP contribution in [0.2, 0.25) is 5.02 Å². The minimum atomic E-state index is -3.76. The third-order valence-corrected chi connectivity index (χ3v) is 5.95. The largest absolute Gasteiger partial charge is 0.320 e. The molecule has 0 radical (unpaired) electrons. The highest BCUT2D eigenvalue weighted by Crippen LogP contribution is 2.27. The third kappa shape index (κ3) is 4.27. The van der Waals surface area contributed by atoms with Crippen LogP contribution >= 0.6 is 39.9 Å². The van der Waals surface area contributed by atoms with Crippen LogP contribution in [-0.4, -0.2) is 13.0 Å². The standard InChI is InChI=1S/C17H16ClN3O2S2.BrH/c1-11-7-8-12(25(19,22)23)9-13(11)16-10-24-17(21(16)2)20-15-6-4-3-5-14(15)18;/h3-10H,1-2H3,(H2,19,22,23);1H. The summed E-state index contributed by atoms with van der Waals surface area (Å²) in [6.45, 7) is 1.92. The van der Waals surface area contributed by atoms with E-state index in [1.165, 1.54) is 17.4 Å². The van der Waals surface area contributed by atoms with Crippen molar-refractivity contribution >= 4 is 55.6 Å². The molecule has 0 saturated heterocycles. The number of aromatic nitrogens is 1. The molecule has 0 amide bonds. The Labute approximate surface area is 171 Å². The SMILES string of the molecule is Br.Cc1ccc(S(N)(=O)=O)cc1-c1csc(=Nc2ccccc2Cl)n1C. The summed E-state index contributed by atoms with van der Waals surface area (Å²) in [6.07, 6.45) is 0. The average molecular weight is 475 g/mol. The molecule has 3 aromatic rings. The van der Waals surface area contributed by atoms with E-state index < -0.39 is 10.0 Å². The first-order valence-electron chi connectivity index (χ1n) is 7.35. The predicted molar refractivity (Wildman–Crippen MR) is 112 cm³/mol. The molecule has 138 valence electrons. The van der Waals surface area contributed by atoms with Crippen molar-refractivity contribution < 1.29 is 8.42 Å². The molecule has 0 spiro atoms.